The lowest BCUT2D eigenvalue weighted by atomic mass is 10.2. The summed E-state index contributed by atoms with van der Waals surface area (Å²) in [4.78, 5) is 10.5. The van der Waals surface area contributed by atoms with Gasteiger partial charge in [0, 0.05) is 18.3 Å². The standard InChI is InChI=1S/C12H26N2O4S/c1-9(2)14-4-5-18-7-10(15)8-19-6-3-11(13)12(16)17/h9-11,14-15H,3-8,13H2,1-2H3,(H,16,17). The number of carbonyl (C=O) groups is 1. The number of nitrogens with two attached hydrogens (primary N) is 1. The molecule has 0 aromatic carbocycles. The molecule has 0 aliphatic heterocycles. The molecule has 7 heteroatoms. The molecule has 0 saturated carbocycles. The van der Waals surface area contributed by atoms with Crippen LogP contribution in [-0.2, 0) is 9.53 Å². The summed E-state index contributed by atoms with van der Waals surface area (Å²) in [5, 5.41) is 21.4. The largest absolute Gasteiger partial charge is 0.480 e. The first kappa shape index (κ1) is 18.7. The monoisotopic (exact) mass is 294 g/mol. The van der Waals surface area contributed by atoms with Gasteiger partial charge in [-0.15, -0.1) is 0 Å². The summed E-state index contributed by atoms with van der Waals surface area (Å²) in [6.45, 7) is 5.77. The molecule has 0 aromatic heterocycles. The van der Waals surface area contributed by atoms with Crippen molar-refractivity contribution >= 4 is 17.7 Å². The molecular weight excluding hydrogens is 268 g/mol. The number of carboxylic acids is 1. The summed E-state index contributed by atoms with van der Waals surface area (Å²) in [6, 6.07) is -0.384. The Balaban J connectivity index is 3.35. The molecule has 2 unspecified atom stereocenters. The number of aliphatic hydroxyl groups is 1. The van der Waals surface area contributed by atoms with Crippen LogP contribution in [-0.4, -0.2) is 65.6 Å². The molecule has 0 saturated heterocycles. The maximum absolute atomic E-state index is 10.5. The molecule has 2 atom stereocenters. The van der Waals surface area contributed by atoms with Crippen LogP contribution in [0.3, 0.4) is 0 Å². The Morgan fingerprint density at radius 3 is 2.74 bits per heavy atom. The Kier molecular flexibility index (Phi) is 11.3. The van der Waals surface area contributed by atoms with Gasteiger partial charge in [-0.25, -0.2) is 0 Å². The predicted molar refractivity (Wildman–Crippen MR) is 77.5 cm³/mol. The second-order valence-corrected chi connectivity index (χ2v) is 5.80. The number of rotatable bonds is 12. The first-order valence-corrected chi connectivity index (χ1v) is 7.64. The third-order valence-electron chi connectivity index (χ3n) is 2.31. The van der Waals surface area contributed by atoms with Gasteiger partial charge in [0.15, 0.2) is 0 Å². The molecule has 0 radical (unpaired) electrons. The van der Waals surface area contributed by atoms with Crippen LogP contribution in [0, 0.1) is 0 Å². The molecule has 0 amide bonds. The fourth-order valence-electron chi connectivity index (χ4n) is 1.24. The quantitative estimate of drug-likeness (QED) is 0.372. The normalized spacial score (nSPS) is 14.6. The van der Waals surface area contributed by atoms with Crippen LogP contribution in [0.2, 0.25) is 0 Å². The highest BCUT2D eigenvalue weighted by Gasteiger charge is 2.11. The molecule has 5 N–H and O–H groups in total. The molecule has 0 aliphatic rings. The first-order valence-electron chi connectivity index (χ1n) is 6.48. The fraction of sp³-hybridized carbons (Fsp3) is 0.917. The van der Waals surface area contributed by atoms with E-state index < -0.39 is 18.1 Å². The molecule has 0 aliphatic carbocycles. The van der Waals surface area contributed by atoms with Gasteiger partial charge in [0.05, 0.1) is 19.3 Å². The number of nitrogens with one attached hydrogen (secondary N) is 1. The molecule has 0 heterocycles. The molecule has 6 nitrogen and oxygen atoms in total. The molecule has 0 rings (SSSR count). The van der Waals surface area contributed by atoms with Crippen LogP contribution in [0.15, 0.2) is 0 Å². The summed E-state index contributed by atoms with van der Waals surface area (Å²) in [6.07, 6.45) is -0.114. The average Bonchev–Trinajstić information content (AvgIpc) is 2.33. The second-order valence-electron chi connectivity index (χ2n) is 4.65. The van der Waals surface area contributed by atoms with E-state index in [0.29, 0.717) is 37.2 Å². The van der Waals surface area contributed by atoms with Crippen molar-refractivity contribution in [3.05, 3.63) is 0 Å². The Morgan fingerprint density at radius 2 is 2.16 bits per heavy atom. The van der Waals surface area contributed by atoms with E-state index in [1.54, 1.807) is 0 Å². The number of carboxylic acid groups (broad SMARTS) is 1. The Bertz CT molecular complexity index is 242. The topological polar surface area (TPSA) is 105 Å². The SMILES string of the molecule is CC(C)NCCOCC(O)CSCCC(N)C(=O)O. The third kappa shape index (κ3) is 12.4. The smallest absolute Gasteiger partial charge is 0.320 e. The van der Waals surface area contributed by atoms with Gasteiger partial charge in [-0.2, -0.15) is 11.8 Å². The minimum absolute atomic E-state index is 0.303. The van der Waals surface area contributed by atoms with Gasteiger partial charge in [0.1, 0.15) is 6.04 Å². The lowest BCUT2D eigenvalue weighted by Crippen LogP contribution is -2.30. The number of aliphatic hydroxyl groups excluding tert-OH is 1. The van der Waals surface area contributed by atoms with E-state index in [0.717, 1.165) is 6.54 Å². The van der Waals surface area contributed by atoms with Crippen molar-refractivity contribution in [1.29, 1.82) is 0 Å². The van der Waals surface area contributed by atoms with Gasteiger partial charge < -0.3 is 26.0 Å². The van der Waals surface area contributed by atoms with Gasteiger partial charge in [0.2, 0.25) is 0 Å². The van der Waals surface area contributed by atoms with E-state index in [1.165, 1.54) is 11.8 Å². The van der Waals surface area contributed by atoms with E-state index in [2.05, 4.69) is 19.2 Å². The maximum Gasteiger partial charge on any atom is 0.320 e. The zero-order valence-corrected chi connectivity index (χ0v) is 12.5. The minimum Gasteiger partial charge on any atom is -0.480 e. The van der Waals surface area contributed by atoms with E-state index in [1.807, 2.05) is 0 Å². The van der Waals surface area contributed by atoms with Gasteiger partial charge in [-0.05, 0) is 12.2 Å². The van der Waals surface area contributed by atoms with Gasteiger partial charge in [0.25, 0.3) is 0 Å². The highest BCUT2D eigenvalue weighted by Crippen LogP contribution is 2.06. The number of aliphatic carboxylic acids is 1. The fourth-order valence-corrected chi connectivity index (χ4v) is 2.20. The van der Waals surface area contributed by atoms with Crippen LogP contribution in [0.4, 0.5) is 0 Å². The van der Waals surface area contributed by atoms with Crippen molar-refractivity contribution < 1.29 is 19.7 Å². The Labute approximate surface area is 119 Å². The van der Waals surface area contributed by atoms with Crippen molar-refractivity contribution in [3.63, 3.8) is 0 Å². The summed E-state index contributed by atoms with van der Waals surface area (Å²) in [5.41, 5.74) is 5.36. The molecule has 114 valence electrons. The number of hydrogen-bond donors (Lipinski definition) is 4. The molecule has 0 spiro atoms. The molecular formula is C12H26N2O4S. The Morgan fingerprint density at radius 1 is 1.47 bits per heavy atom. The number of hydrogen-bond acceptors (Lipinski definition) is 6. The van der Waals surface area contributed by atoms with E-state index in [9.17, 15) is 9.90 Å². The minimum atomic E-state index is -0.984. The van der Waals surface area contributed by atoms with Crippen LogP contribution >= 0.6 is 11.8 Å². The van der Waals surface area contributed by atoms with Crippen molar-refractivity contribution in [2.45, 2.75) is 38.5 Å². The maximum atomic E-state index is 10.5. The zero-order chi connectivity index (χ0) is 14.7. The highest BCUT2D eigenvalue weighted by molar-refractivity contribution is 7.99. The van der Waals surface area contributed by atoms with Crippen LogP contribution in [0.1, 0.15) is 20.3 Å². The van der Waals surface area contributed by atoms with Crippen molar-refractivity contribution in [2.24, 2.45) is 5.73 Å². The molecule has 0 bridgehead atoms. The van der Waals surface area contributed by atoms with Gasteiger partial charge in [-0.3, -0.25) is 4.79 Å². The molecule has 0 fully saturated rings. The van der Waals surface area contributed by atoms with E-state index >= 15 is 0 Å². The second kappa shape index (κ2) is 11.5. The average molecular weight is 294 g/mol. The predicted octanol–water partition coefficient (Wildman–Crippen LogP) is -0.103. The summed E-state index contributed by atoms with van der Waals surface area (Å²) < 4.78 is 5.32. The summed E-state index contributed by atoms with van der Waals surface area (Å²) in [5.74, 6) is 0.172. The summed E-state index contributed by atoms with van der Waals surface area (Å²) in [7, 11) is 0. The van der Waals surface area contributed by atoms with Crippen molar-refractivity contribution in [2.75, 3.05) is 31.3 Å². The van der Waals surface area contributed by atoms with Gasteiger partial charge in [-0.1, -0.05) is 13.8 Å². The van der Waals surface area contributed by atoms with Crippen LogP contribution in [0.25, 0.3) is 0 Å². The molecule has 19 heavy (non-hydrogen) atoms. The lowest BCUT2D eigenvalue weighted by molar-refractivity contribution is -0.138. The van der Waals surface area contributed by atoms with E-state index in [4.69, 9.17) is 15.6 Å². The highest BCUT2D eigenvalue weighted by atomic mass is 32.2. The van der Waals surface area contributed by atoms with E-state index in [-0.39, 0.29) is 0 Å². The van der Waals surface area contributed by atoms with Crippen molar-refractivity contribution in [3.8, 4) is 0 Å². The Hall–Kier alpha value is -0.340. The van der Waals surface area contributed by atoms with Gasteiger partial charge >= 0.3 is 5.97 Å². The lowest BCUT2D eigenvalue weighted by Gasteiger charge is -2.12. The van der Waals surface area contributed by atoms with Crippen molar-refractivity contribution in [1.82, 2.24) is 5.32 Å². The van der Waals surface area contributed by atoms with Crippen LogP contribution < -0.4 is 11.1 Å². The number of ether oxygens (including phenoxy) is 1. The third-order valence-corrected chi connectivity index (χ3v) is 3.45. The molecule has 0 aromatic rings. The van der Waals surface area contributed by atoms with Crippen LogP contribution in [0.5, 0.6) is 0 Å². The number of thioether (sulfide) groups is 1. The summed E-state index contributed by atoms with van der Waals surface area (Å²) >= 11 is 1.49. The first-order chi connectivity index (χ1) is 8.93. The zero-order valence-electron chi connectivity index (χ0n) is 11.7.